The molecule has 0 N–H and O–H groups in total. The molecule has 1 unspecified atom stereocenters. The van der Waals surface area contributed by atoms with E-state index in [0.717, 1.165) is 28.1 Å². The number of para-hydroxylation sites is 1. The summed E-state index contributed by atoms with van der Waals surface area (Å²) < 4.78 is 29.0. The van der Waals surface area contributed by atoms with Crippen LogP contribution in [0, 0.1) is 0 Å². The first kappa shape index (κ1) is 22.5. The number of likely N-dealkylation sites (N-methyl/N-ethyl adjacent to an activating group) is 1. The molecule has 1 aromatic heterocycles. The van der Waals surface area contributed by atoms with Crippen molar-refractivity contribution in [3.63, 3.8) is 0 Å². The number of nitrogens with zero attached hydrogens (tertiary/aromatic N) is 4. The number of likely N-dealkylation sites (tertiary alicyclic amines) is 1. The van der Waals surface area contributed by atoms with E-state index in [9.17, 15) is 13.2 Å². The molecule has 1 atom stereocenters. The molecule has 1 amide bonds. The van der Waals surface area contributed by atoms with Gasteiger partial charge in [-0.15, -0.1) is 11.3 Å². The van der Waals surface area contributed by atoms with Crippen LogP contribution in [0.15, 0.2) is 53.4 Å². The van der Waals surface area contributed by atoms with Crippen LogP contribution in [-0.2, 0) is 10.0 Å². The first-order valence-corrected chi connectivity index (χ1v) is 13.6. The molecule has 2 fully saturated rings. The molecule has 2 saturated heterocycles. The summed E-state index contributed by atoms with van der Waals surface area (Å²) in [6.45, 7) is 3.63. The molecule has 3 aromatic rings. The molecule has 5 rings (SSSR count). The predicted molar refractivity (Wildman–Crippen MR) is 130 cm³/mol. The average Bonchev–Trinajstić information content (AvgIpc) is 3.28. The Balaban J connectivity index is 1.34. The number of hydrogen-bond acceptors (Lipinski definition) is 6. The van der Waals surface area contributed by atoms with Crippen molar-refractivity contribution < 1.29 is 13.2 Å². The Labute approximate surface area is 198 Å². The second-order valence-electron chi connectivity index (χ2n) is 8.85. The summed E-state index contributed by atoms with van der Waals surface area (Å²) >= 11 is 1.70. The lowest BCUT2D eigenvalue weighted by Crippen LogP contribution is -2.47. The third-order valence-electron chi connectivity index (χ3n) is 6.55. The maximum absolute atomic E-state index is 13.3. The van der Waals surface area contributed by atoms with Crippen LogP contribution in [-0.4, -0.2) is 79.7 Å². The normalized spacial score (nSPS) is 20.9. The van der Waals surface area contributed by atoms with Gasteiger partial charge in [-0.3, -0.25) is 4.79 Å². The number of aromatic nitrogens is 1. The number of benzene rings is 2. The van der Waals surface area contributed by atoms with Crippen molar-refractivity contribution in [2.45, 2.75) is 23.7 Å². The van der Waals surface area contributed by atoms with Crippen molar-refractivity contribution in [1.29, 1.82) is 0 Å². The molecule has 0 saturated carbocycles. The largest absolute Gasteiger partial charge is 0.338 e. The number of hydrogen-bond donors (Lipinski definition) is 0. The predicted octanol–water partition coefficient (Wildman–Crippen LogP) is 3.25. The summed E-state index contributed by atoms with van der Waals surface area (Å²) in [5.74, 6) is 0.0913. The van der Waals surface area contributed by atoms with Crippen LogP contribution in [0.1, 0.15) is 34.1 Å². The van der Waals surface area contributed by atoms with Gasteiger partial charge in [-0.2, -0.15) is 4.31 Å². The molecule has 0 bridgehead atoms. The van der Waals surface area contributed by atoms with Crippen molar-refractivity contribution in [3.05, 3.63) is 59.1 Å². The van der Waals surface area contributed by atoms with E-state index in [1.807, 2.05) is 30.1 Å². The highest BCUT2D eigenvalue weighted by molar-refractivity contribution is 7.89. The van der Waals surface area contributed by atoms with Crippen molar-refractivity contribution in [1.82, 2.24) is 19.1 Å². The molecular formula is C24H28N4O3S2. The first-order chi connectivity index (χ1) is 15.9. The number of rotatable bonds is 4. The minimum absolute atomic E-state index is 0.115. The zero-order valence-electron chi connectivity index (χ0n) is 18.7. The van der Waals surface area contributed by atoms with Crippen LogP contribution in [0.25, 0.3) is 10.2 Å². The summed E-state index contributed by atoms with van der Waals surface area (Å²) in [6, 6.07) is 14.6. The Morgan fingerprint density at radius 3 is 2.61 bits per heavy atom. The summed E-state index contributed by atoms with van der Waals surface area (Å²) in [4.78, 5) is 22.3. The van der Waals surface area contributed by atoms with Crippen LogP contribution in [0.3, 0.4) is 0 Å². The number of sulfonamides is 1. The number of carbonyl (C=O) groups is 1. The van der Waals surface area contributed by atoms with Gasteiger partial charge in [0.15, 0.2) is 0 Å². The van der Waals surface area contributed by atoms with Crippen LogP contribution < -0.4 is 0 Å². The van der Waals surface area contributed by atoms with Gasteiger partial charge < -0.3 is 9.80 Å². The number of fused-ring (bicyclic) bond motifs is 1. The summed E-state index contributed by atoms with van der Waals surface area (Å²) in [5, 5.41) is 1.07. The second kappa shape index (κ2) is 9.13. The highest BCUT2D eigenvalue weighted by atomic mass is 32.2. The van der Waals surface area contributed by atoms with Gasteiger partial charge in [0.05, 0.1) is 20.1 Å². The van der Waals surface area contributed by atoms with E-state index in [1.54, 1.807) is 29.5 Å². The van der Waals surface area contributed by atoms with Gasteiger partial charge in [-0.05, 0) is 50.2 Å². The molecule has 2 aromatic carbocycles. The van der Waals surface area contributed by atoms with Gasteiger partial charge in [0.1, 0.15) is 0 Å². The fourth-order valence-corrected chi connectivity index (χ4v) is 7.14. The number of thiazole rings is 1. The summed E-state index contributed by atoms with van der Waals surface area (Å²) in [5.41, 5.74) is 1.43. The lowest BCUT2D eigenvalue weighted by atomic mass is 9.98. The minimum Gasteiger partial charge on any atom is -0.338 e. The van der Waals surface area contributed by atoms with Gasteiger partial charge >= 0.3 is 0 Å². The number of carbonyl (C=O) groups excluding carboxylic acids is 1. The monoisotopic (exact) mass is 484 g/mol. The number of amides is 1. The first-order valence-electron chi connectivity index (χ1n) is 11.4. The van der Waals surface area contributed by atoms with E-state index < -0.39 is 10.0 Å². The molecule has 0 radical (unpaired) electrons. The molecule has 9 heteroatoms. The van der Waals surface area contributed by atoms with E-state index in [-0.39, 0.29) is 16.7 Å². The Hall–Kier alpha value is -2.33. The molecule has 0 spiro atoms. The SMILES string of the molecule is CN1CCN(S(=O)(=O)c2cccc(C(=O)N3CCCC(c4nc5ccccc5s4)C3)c2)CC1. The smallest absolute Gasteiger partial charge is 0.253 e. The van der Waals surface area contributed by atoms with Gasteiger partial charge in [-0.25, -0.2) is 13.4 Å². The lowest BCUT2D eigenvalue weighted by Gasteiger charge is -2.32. The van der Waals surface area contributed by atoms with Gasteiger partial charge in [0.25, 0.3) is 5.91 Å². The maximum Gasteiger partial charge on any atom is 0.253 e. The third-order valence-corrected chi connectivity index (χ3v) is 9.64. The Morgan fingerprint density at radius 1 is 1.03 bits per heavy atom. The van der Waals surface area contributed by atoms with E-state index in [0.29, 0.717) is 44.8 Å². The molecule has 174 valence electrons. The molecule has 7 nitrogen and oxygen atoms in total. The van der Waals surface area contributed by atoms with Crippen molar-refractivity contribution in [2.24, 2.45) is 0 Å². The van der Waals surface area contributed by atoms with Crippen LogP contribution in [0.2, 0.25) is 0 Å². The highest BCUT2D eigenvalue weighted by Crippen LogP contribution is 2.33. The fraction of sp³-hybridized carbons (Fsp3) is 0.417. The van der Waals surface area contributed by atoms with E-state index in [2.05, 4.69) is 11.0 Å². The number of piperidine rings is 1. The Morgan fingerprint density at radius 2 is 1.82 bits per heavy atom. The summed E-state index contributed by atoms with van der Waals surface area (Å²) in [6.07, 6.45) is 1.91. The second-order valence-corrected chi connectivity index (χ2v) is 11.8. The minimum atomic E-state index is -3.61. The molecule has 2 aliphatic rings. The van der Waals surface area contributed by atoms with Crippen molar-refractivity contribution in [3.8, 4) is 0 Å². The van der Waals surface area contributed by atoms with E-state index >= 15 is 0 Å². The lowest BCUT2D eigenvalue weighted by molar-refractivity contribution is 0.0707. The van der Waals surface area contributed by atoms with Gasteiger partial charge in [0.2, 0.25) is 10.0 Å². The van der Waals surface area contributed by atoms with Gasteiger partial charge in [-0.1, -0.05) is 18.2 Å². The average molecular weight is 485 g/mol. The quantitative estimate of drug-likeness (QED) is 0.568. The van der Waals surface area contributed by atoms with E-state index in [4.69, 9.17) is 4.98 Å². The summed E-state index contributed by atoms with van der Waals surface area (Å²) in [7, 11) is -1.62. The van der Waals surface area contributed by atoms with Crippen LogP contribution in [0.5, 0.6) is 0 Å². The zero-order chi connectivity index (χ0) is 23.0. The van der Waals surface area contributed by atoms with Crippen molar-refractivity contribution >= 4 is 37.5 Å². The topological polar surface area (TPSA) is 73.8 Å². The molecular weight excluding hydrogens is 456 g/mol. The van der Waals surface area contributed by atoms with Crippen LogP contribution in [0.4, 0.5) is 0 Å². The standard InChI is InChI=1S/C24H28N4O3S2/c1-26-12-14-28(15-13-26)33(30,31)20-8-4-6-18(16-20)24(29)27-11-5-7-19(17-27)23-25-21-9-2-3-10-22(21)32-23/h2-4,6,8-10,16,19H,5,7,11-15,17H2,1H3. The Kier molecular flexibility index (Phi) is 6.22. The fourth-order valence-electron chi connectivity index (χ4n) is 4.58. The molecule has 33 heavy (non-hydrogen) atoms. The molecule has 3 heterocycles. The van der Waals surface area contributed by atoms with E-state index in [1.165, 1.54) is 10.4 Å². The Bertz CT molecular complexity index is 1230. The number of piperazine rings is 1. The molecule has 2 aliphatic heterocycles. The zero-order valence-corrected chi connectivity index (χ0v) is 20.3. The van der Waals surface area contributed by atoms with Crippen LogP contribution >= 0.6 is 11.3 Å². The van der Waals surface area contributed by atoms with Crippen molar-refractivity contribution in [2.75, 3.05) is 46.3 Å². The molecule has 0 aliphatic carbocycles. The maximum atomic E-state index is 13.3. The van der Waals surface area contributed by atoms with Gasteiger partial charge in [0, 0.05) is 50.7 Å². The third kappa shape index (κ3) is 4.55. The highest BCUT2D eigenvalue weighted by Gasteiger charge is 2.30.